The van der Waals surface area contributed by atoms with Crippen LogP contribution in [-0.4, -0.2) is 23.1 Å². The fraction of sp³-hybridized carbons (Fsp3) is 0.188. The number of nitrogens with zero attached hydrogens (tertiary/aromatic N) is 3. The van der Waals surface area contributed by atoms with E-state index in [2.05, 4.69) is 20.1 Å². The molecule has 0 unspecified atom stereocenters. The molecule has 0 aliphatic carbocycles. The fourth-order valence-corrected chi connectivity index (χ4v) is 2.07. The molecule has 0 saturated heterocycles. The van der Waals surface area contributed by atoms with Crippen LogP contribution in [0.2, 0.25) is 0 Å². The zero-order valence-electron chi connectivity index (χ0n) is 12.6. The first kappa shape index (κ1) is 15.0. The topological polar surface area (TPSA) is 69.7 Å². The first-order chi connectivity index (χ1) is 11.2. The highest BCUT2D eigenvalue weighted by Crippen LogP contribution is 2.18. The van der Waals surface area contributed by atoms with E-state index in [1.807, 2.05) is 12.1 Å². The Hall–Kier alpha value is -2.96. The lowest BCUT2D eigenvalue weighted by atomic mass is 10.1. The van der Waals surface area contributed by atoms with Crippen molar-refractivity contribution in [2.75, 3.05) is 7.11 Å². The molecule has 118 valence electrons. The van der Waals surface area contributed by atoms with Gasteiger partial charge in [0.25, 0.3) is 0 Å². The van der Waals surface area contributed by atoms with Crippen LogP contribution in [-0.2, 0) is 11.4 Å². The van der Waals surface area contributed by atoms with Crippen molar-refractivity contribution in [3.8, 4) is 5.75 Å². The van der Waals surface area contributed by atoms with E-state index in [-0.39, 0.29) is 12.4 Å². The van der Waals surface area contributed by atoms with Crippen molar-refractivity contribution in [2.24, 2.45) is 5.16 Å². The minimum absolute atomic E-state index is 0.192. The van der Waals surface area contributed by atoms with Crippen molar-refractivity contribution in [1.29, 1.82) is 0 Å². The summed E-state index contributed by atoms with van der Waals surface area (Å²) in [7, 11) is 1.42. The average Bonchev–Trinajstić information content (AvgIpc) is 3.02. The van der Waals surface area contributed by atoms with E-state index in [1.165, 1.54) is 13.2 Å². The van der Waals surface area contributed by atoms with E-state index in [4.69, 9.17) is 9.57 Å². The van der Waals surface area contributed by atoms with Gasteiger partial charge in [-0.2, -0.15) is 0 Å². The predicted octanol–water partition coefficient (Wildman–Crippen LogP) is 3.31. The molecule has 0 fully saturated rings. The van der Waals surface area contributed by atoms with Crippen molar-refractivity contribution in [3.63, 3.8) is 0 Å². The molecule has 7 heteroatoms. The summed E-state index contributed by atoms with van der Waals surface area (Å²) < 4.78 is 23.2. The number of methoxy groups -OCH3 is 1. The molecule has 3 aromatic rings. The summed E-state index contributed by atoms with van der Waals surface area (Å²) in [6.45, 7) is 2.00. The maximum atomic E-state index is 13.7. The van der Waals surface area contributed by atoms with Crippen LogP contribution in [0.3, 0.4) is 0 Å². The van der Waals surface area contributed by atoms with Gasteiger partial charge >= 0.3 is 0 Å². The van der Waals surface area contributed by atoms with E-state index in [0.717, 1.165) is 5.56 Å². The summed E-state index contributed by atoms with van der Waals surface area (Å²) in [5.41, 5.74) is 3.41. The molecule has 0 atom stereocenters. The second-order valence-corrected chi connectivity index (χ2v) is 4.89. The van der Waals surface area contributed by atoms with Crippen molar-refractivity contribution in [3.05, 3.63) is 53.3 Å². The monoisotopic (exact) mass is 315 g/mol. The standard InChI is InChI=1S/C16H14FN3O3/c1-10(12-4-6-16(21-2)13(17)8-12)18-22-9-11-3-5-14-15(7-11)20-23-19-14/h3-8H,9H2,1-2H3/b18-10+. The normalized spacial score (nSPS) is 11.7. The maximum Gasteiger partial charge on any atom is 0.165 e. The zero-order valence-corrected chi connectivity index (χ0v) is 12.6. The Morgan fingerprint density at radius 3 is 2.78 bits per heavy atom. The highest BCUT2D eigenvalue weighted by molar-refractivity contribution is 5.98. The maximum absolute atomic E-state index is 13.7. The Labute approximate surface area is 131 Å². The molecule has 0 N–H and O–H groups in total. The number of ether oxygens (including phenoxy) is 1. The predicted molar refractivity (Wildman–Crippen MR) is 81.8 cm³/mol. The van der Waals surface area contributed by atoms with Gasteiger partial charge in [-0.1, -0.05) is 11.2 Å². The molecular formula is C16H14FN3O3. The van der Waals surface area contributed by atoms with E-state index in [1.54, 1.807) is 25.1 Å². The van der Waals surface area contributed by atoms with Crippen molar-refractivity contribution < 1.29 is 18.6 Å². The molecule has 0 aliphatic heterocycles. The summed E-state index contributed by atoms with van der Waals surface area (Å²) >= 11 is 0. The zero-order chi connectivity index (χ0) is 16.2. The molecule has 23 heavy (non-hydrogen) atoms. The number of hydrogen-bond donors (Lipinski definition) is 0. The number of benzene rings is 2. The third-order valence-electron chi connectivity index (χ3n) is 3.32. The number of rotatable bonds is 5. The third-order valence-corrected chi connectivity index (χ3v) is 3.32. The molecular weight excluding hydrogens is 301 g/mol. The van der Waals surface area contributed by atoms with Gasteiger partial charge < -0.3 is 9.57 Å². The van der Waals surface area contributed by atoms with Crippen LogP contribution < -0.4 is 4.74 Å². The van der Waals surface area contributed by atoms with Crippen molar-refractivity contribution in [2.45, 2.75) is 13.5 Å². The first-order valence-electron chi connectivity index (χ1n) is 6.89. The summed E-state index contributed by atoms with van der Waals surface area (Å²) in [5.74, 6) is -0.250. The van der Waals surface area contributed by atoms with Crippen LogP contribution in [0.4, 0.5) is 4.39 Å². The van der Waals surface area contributed by atoms with Crippen LogP contribution >= 0.6 is 0 Å². The van der Waals surface area contributed by atoms with Gasteiger partial charge in [0.15, 0.2) is 11.6 Å². The van der Waals surface area contributed by atoms with Crippen LogP contribution in [0.25, 0.3) is 11.0 Å². The largest absolute Gasteiger partial charge is 0.494 e. The van der Waals surface area contributed by atoms with E-state index < -0.39 is 5.82 Å². The molecule has 2 aromatic carbocycles. The van der Waals surface area contributed by atoms with E-state index in [9.17, 15) is 4.39 Å². The van der Waals surface area contributed by atoms with Gasteiger partial charge in [0.05, 0.1) is 12.8 Å². The molecule has 0 radical (unpaired) electrons. The Balaban J connectivity index is 1.68. The third kappa shape index (κ3) is 3.28. The van der Waals surface area contributed by atoms with Gasteiger partial charge in [0.1, 0.15) is 17.6 Å². The molecule has 1 aromatic heterocycles. The van der Waals surface area contributed by atoms with Gasteiger partial charge in [0.2, 0.25) is 0 Å². The molecule has 1 heterocycles. The minimum Gasteiger partial charge on any atom is -0.494 e. The van der Waals surface area contributed by atoms with E-state index in [0.29, 0.717) is 22.3 Å². The van der Waals surface area contributed by atoms with Crippen LogP contribution in [0.15, 0.2) is 46.2 Å². The first-order valence-corrected chi connectivity index (χ1v) is 6.89. The number of hydrogen-bond acceptors (Lipinski definition) is 6. The Kier molecular flexibility index (Phi) is 4.18. The molecule has 0 saturated carbocycles. The lowest BCUT2D eigenvalue weighted by molar-refractivity contribution is 0.130. The highest BCUT2D eigenvalue weighted by Gasteiger charge is 2.06. The Morgan fingerprint density at radius 2 is 2.00 bits per heavy atom. The lowest BCUT2D eigenvalue weighted by Crippen LogP contribution is -1.99. The van der Waals surface area contributed by atoms with E-state index >= 15 is 0 Å². The molecule has 0 amide bonds. The molecule has 0 aliphatic rings. The Bertz CT molecular complexity index is 861. The number of oxime groups is 1. The molecule has 0 bridgehead atoms. The molecule has 0 spiro atoms. The van der Waals surface area contributed by atoms with Gasteiger partial charge in [-0.25, -0.2) is 9.02 Å². The average molecular weight is 315 g/mol. The van der Waals surface area contributed by atoms with Crippen molar-refractivity contribution >= 4 is 16.7 Å². The second kappa shape index (κ2) is 6.43. The summed E-state index contributed by atoms with van der Waals surface area (Å²) in [6, 6.07) is 10.1. The second-order valence-electron chi connectivity index (χ2n) is 4.89. The minimum atomic E-state index is -0.441. The smallest absolute Gasteiger partial charge is 0.165 e. The quantitative estimate of drug-likeness (QED) is 0.533. The number of halogens is 1. The van der Waals surface area contributed by atoms with Crippen molar-refractivity contribution in [1.82, 2.24) is 10.3 Å². The van der Waals surface area contributed by atoms with Crippen LogP contribution in [0, 0.1) is 5.82 Å². The van der Waals surface area contributed by atoms with Crippen LogP contribution in [0.5, 0.6) is 5.75 Å². The molecule has 6 nitrogen and oxygen atoms in total. The highest BCUT2D eigenvalue weighted by atomic mass is 19.1. The van der Waals surface area contributed by atoms with Gasteiger partial charge in [-0.05, 0) is 53.1 Å². The number of aromatic nitrogens is 2. The summed E-state index contributed by atoms with van der Waals surface area (Å²) in [6.07, 6.45) is 0. The van der Waals surface area contributed by atoms with Crippen LogP contribution in [0.1, 0.15) is 18.1 Å². The van der Waals surface area contributed by atoms with Gasteiger partial charge in [-0.15, -0.1) is 0 Å². The lowest BCUT2D eigenvalue weighted by Gasteiger charge is -2.05. The van der Waals surface area contributed by atoms with Gasteiger partial charge in [-0.3, -0.25) is 0 Å². The molecule has 3 rings (SSSR count). The summed E-state index contributed by atoms with van der Waals surface area (Å²) in [5, 5.41) is 11.5. The Morgan fingerprint density at radius 1 is 1.17 bits per heavy atom. The fourth-order valence-electron chi connectivity index (χ4n) is 2.07. The summed E-state index contributed by atoms with van der Waals surface area (Å²) in [4.78, 5) is 5.31. The SMILES string of the molecule is COc1ccc(/C(C)=N/OCc2ccc3nonc3c2)cc1F. The number of fused-ring (bicyclic) bond motifs is 1. The van der Waals surface area contributed by atoms with Gasteiger partial charge in [0, 0.05) is 5.56 Å².